The van der Waals surface area contributed by atoms with E-state index in [-0.39, 0.29) is 0 Å². The van der Waals surface area contributed by atoms with Gasteiger partial charge in [-0.15, -0.1) is 0 Å². The molecule has 1 heteroatoms. The lowest BCUT2D eigenvalue weighted by Gasteiger charge is -2.25. The lowest BCUT2D eigenvalue weighted by atomic mass is 9.86. The van der Waals surface area contributed by atoms with Crippen molar-refractivity contribution >= 4 is 0 Å². The van der Waals surface area contributed by atoms with Crippen molar-refractivity contribution in [3.8, 4) is 0 Å². The summed E-state index contributed by atoms with van der Waals surface area (Å²) in [6.07, 6.45) is 7.48. The van der Waals surface area contributed by atoms with E-state index in [1.807, 2.05) is 13.8 Å². The number of nitrogens with zero attached hydrogens (tertiary/aromatic N) is 1. The number of likely N-dealkylation sites (tertiary alicyclic amines) is 1. The van der Waals surface area contributed by atoms with Crippen molar-refractivity contribution in [2.24, 2.45) is 5.41 Å². The quantitative estimate of drug-likeness (QED) is 0.620. The van der Waals surface area contributed by atoms with E-state index in [4.69, 9.17) is 0 Å². The second-order valence-corrected chi connectivity index (χ2v) is 5.02. The maximum Gasteiger partial charge on any atom is 0.00412 e. The Morgan fingerprint density at radius 1 is 1.00 bits per heavy atom. The van der Waals surface area contributed by atoms with Crippen LogP contribution in [0.15, 0.2) is 0 Å². The van der Waals surface area contributed by atoms with Gasteiger partial charge in [0.05, 0.1) is 0 Å². The zero-order valence-electron chi connectivity index (χ0n) is 10.5. The van der Waals surface area contributed by atoms with Crippen molar-refractivity contribution in [3.05, 3.63) is 0 Å². The highest BCUT2D eigenvalue weighted by Crippen LogP contribution is 2.45. The Balaban J connectivity index is 0.000000461. The fourth-order valence-corrected chi connectivity index (χ4v) is 2.94. The molecule has 2 aliphatic rings. The summed E-state index contributed by atoms with van der Waals surface area (Å²) in [5.74, 6) is 0. The smallest absolute Gasteiger partial charge is 0.00412 e. The van der Waals surface area contributed by atoms with Crippen molar-refractivity contribution in [3.63, 3.8) is 0 Å². The second-order valence-electron chi connectivity index (χ2n) is 5.02. The van der Waals surface area contributed by atoms with Gasteiger partial charge >= 0.3 is 0 Å². The predicted molar refractivity (Wildman–Crippen MR) is 63.6 cm³/mol. The summed E-state index contributed by atoms with van der Waals surface area (Å²) in [6, 6.07) is 0.768. The standard InChI is InChI=1S/C11H21N.C2H6/c1-10(2)12-8-7-11(9-12)5-3-4-6-11;1-2/h10H,3-9H2,1-2H3;1-2H3. The normalized spacial score (nSPS) is 25.5. The molecule has 0 aromatic rings. The third kappa shape index (κ3) is 2.50. The molecule has 1 spiro atoms. The van der Waals surface area contributed by atoms with Gasteiger partial charge in [0.25, 0.3) is 0 Å². The Morgan fingerprint density at radius 3 is 2.00 bits per heavy atom. The lowest BCUT2D eigenvalue weighted by molar-refractivity contribution is 0.225. The maximum atomic E-state index is 2.66. The van der Waals surface area contributed by atoms with Crippen LogP contribution in [-0.4, -0.2) is 24.0 Å². The van der Waals surface area contributed by atoms with E-state index in [2.05, 4.69) is 18.7 Å². The molecule has 0 aromatic carbocycles. The Labute approximate surface area is 89.9 Å². The third-order valence-corrected chi connectivity index (χ3v) is 3.86. The summed E-state index contributed by atoms with van der Waals surface area (Å²) in [4.78, 5) is 2.66. The van der Waals surface area contributed by atoms with Crippen LogP contribution < -0.4 is 0 Å². The number of rotatable bonds is 1. The van der Waals surface area contributed by atoms with Crippen LogP contribution in [0.4, 0.5) is 0 Å². The molecule has 1 aliphatic heterocycles. The minimum Gasteiger partial charge on any atom is -0.300 e. The summed E-state index contributed by atoms with van der Waals surface area (Å²) in [5.41, 5.74) is 0.768. The Morgan fingerprint density at radius 2 is 1.57 bits per heavy atom. The van der Waals surface area contributed by atoms with Crippen LogP contribution in [-0.2, 0) is 0 Å². The average molecular weight is 197 g/mol. The molecule has 2 fully saturated rings. The van der Waals surface area contributed by atoms with Crippen LogP contribution >= 0.6 is 0 Å². The zero-order valence-corrected chi connectivity index (χ0v) is 10.5. The van der Waals surface area contributed by atoms with E-state index >= 15 is 0 Å². The Hall–Kier alpha value is -0.0400. The minimum absolute atomic E-state index is 0.768. The van der Waals surface area contributed by atoms with Gasteiger partial charge in [-0.3, -0.25) is 0 Å². The Bertz CT molecular complexity index is 157. The molecule has 1 heterocycles. The third-order valence-electron chi connectivity index (χ3n) is 3.86. The molecule has 84 valence electrons. The first-order valence-corrected chi connectivity index (χ1v) is 6.46. The van der Waals surface area contributed by atoms with E-state index in [1.54, 1.807) is 0 Å². The Kier molecular flexibility index (Phi) is 4.43. The molecule has 1 aliphatic carbocycles. The van der Waals surface area contributed by atoms with Crippen molar-refractivity contribution < 1.29 is 0 Å². The molecule has 2 rings (SSSR count). The molecule has 0 unspecified atom stereocenters. The highest BCUT2D eigenvalue weighted by atomic mass is 15.2. The van der Waals surface area contributed by atoms with Gasteiger partial charge in [0.1, 0.15) is 0 Å². The predicted octanol–water partition coefficient (Wildman–Crippen LogP) is 3.69. The van der Waals surface area contributed by atoms with E-state index in [0.29, 0.717) is 0 Å². The maximum absolute atomic E-state index is 2.66. The lowest BCUT2D eigenvalue weighted by Crippen LogP contribution is -2.30. The van der Waals surface area contributed by atoms with Gasteiger partial charge in [0.15, 0.2) is 0 Å². The van der Waals surface area contributed by atoms with Gasteiger partial charge in [0.2, 0.25) is 0 Å². The molecular formula is C13H27N. The van der Waals surface area contributed by atoms with Gasteiger partial charge < -0.3 is 4.90 Å². The first kappa shape index (κ1) is 12.0. The molecule has 0 aromatic heterocycles. The van der Waals surface area contributed by atoms with Crippen LogP contribution in [0.1, 0.15) is 59.8 Å². The topological polar surface area (TPSA) is 3.24 Å². The summed E-state index contributed by atoms with van der Waals surface area (Å²) < 4.78 is 0. The monoisotopic (exact) mass is 197 g/mol. The minimum atomic E-state index is 0.768. The average Bonchev–Trinajstić information content (AvgIpc) is 2.81. The summed E-state index contributed by atoms with van der Waals surface area (Å²) in [7, 11) is 0. The molecule has 0 atom stereocenters. The summed E-state index contributed by atoms with van der Waals surface area (Å²) in [6.45, 7) is 11.4. The van der Waals surface area contributed by atoms with Crippen LogP contribution in [0.3, 0.4) is 0 Å². The van der Waals surface area contributed by atoms with E-state index in [1.165, 1.54) is 45.2 Å². The van der Waals surface area contributed by atoms with Crippen LogP contribution in [0, 0.1) is 5.41 Å². The summed E-state index contributed by atoms with van der Waals surface area (Å²) in [5, 5.41) is 0. The fraction of sp³-hybridized carbons (Fsp3) is 1.00. The van der Waals surface area contributed by atoms with Crippen LogP contribution in [0.2, 0.25) is 0 Å². The molecule has 0 amide bonds. The van der Waals surface area contributed by atoms with E-state index in [9.17, 15) is 0 Å². The van der Waals surface area contributed by atoms with Crippen LogP contribution in [0.5, 0.6) is 0 Å². The molecule has 0 N–H and O–H groups in total. The van der Waals surface area contributed by atoms with Gasteiger partial charge in [-0.1, -0.05) is 26.7 Å². The van der Waals surface area contributed by atoms with E-state index < -0.39 is 0 Å². The van der Waals surface area contributed by atoms with Gasteiger partial charge in [-0.25, -0.2) is 0 Å². The molecule has 1 saturated carbocycles. The zero-order chi connectivity index (χ0) is 10.6. The first-order chi connectivity index (χ1) is 6.72. The first-order valence-electron chi connectivity index (χ1n) is 6.46. The molecule has 1 nitrogen and oxygen atoms in total. The summed E-state index contributed by atoms with van der Waals surface area (Å²) >= 11 is 0. The van der Waals surface area contributed by atoms with Crippen molar-refractivity contribution in [1.82, 2.24) is 4.90 Å². The molecular weight excluding hydrogens is 170 g/mol. The van der Waals surface area contributed by atoms with Crippen molar-refractivity contribution in [1.29, 1.82) is 0 Å². The highest BCUT2D eigenvalue weighted by Gasteiger charge is 2.40. The second kappa shape index (κ2) is 5.16. The molecule has 0 bridgehead atoms. The highest BCUT2D eigenvalue weighted by molar-refractivity contribution is 4.93. The van der Waals surface area contributed by atoms with Crippen molar-refractivity contribution in [2.75, 3.05) is 13.1 Å². The molecule has 1 saturated heterocycles. The fourth-order valence-electron chi connectivity index (χ4n) is 2.94. The molecule has 14 heavy (non-hydrogen) atoms. The van der Waals surface area contributed by atoms with Gasteiger partial charge in [-0.2, -0.15) is 0 Å². The SMILES string of the molecule is CC.CC(C)N1CCC2(CCCC2)C1. The van der Waals surface area contributed by atoms with Crippen molar-refractivity contribution in [2.45, 2.75) is 65.8 Å². The number of hydrogen-bond acceptors (Lipinski definition) is 1. The van der Waals surface area contributed by atoms with Crippen LogP contribution in [0.25, 0.3) is 0 Å². The molecule has 0 radical (unpaired) electrons. The van der Waals surface area contributed by atoms with Gasteiger partial charge in [-0.05, 0) is 45.1 Å². The van der Waals surface area contributed by atoms with E-state index in [0.717, 1.165) is 11.5 Å². The van der Waals surface area contributed by atoms with Gasteiger partial charge in [0, 0.05) is 12.6 Å². The number of hydrogen-bond donors (Lipinski definition) is 0. The largest absolute Gasteiger partial charge is 0.300 e.